The highest BCUT2D eigenvalue weighted by Gasteiger charge is 2.63. The summed E-state index contributed by atoms with van der Waals surface area (Å²) in [5.74, 6) is -0.633. The fourth-order valence-electron chi connectivity index (χ4n) is 5.07. The molecule has 7 heteroatoms. The van der Waals surface area contributed by atoms with Crippen LogP contribution >= 0.6 is 0 Å². The lowest BCUT2D eigenvalue weighted by molar-refractivity contribution is -0.141. The molecule has 1 amide bonds. The minimum atomic E-state index is -1.64. The number of ketones is 1. The third kappa shape index (κ3) is 3.14. The molecule has 2 heterocycles. The Morgan fingerprint density at radius 2 is 2.00 bits per heavy atom. The van der Waals surface area contributed by atoms with E-state index in [1.54, 1.807) is 17.9 Å². The topological polar surface area (TPSA) is 98.9 Å². The molecule has 170 valence electrons. The summed E-state index contributed by atoms with van der Waals surface area (Å²) in [6, 6.07) is 7.32. The van der Waals surface area contributed by atoms with E-state index >= 15 is 0 Å². The zero-order valence-electron chi connectivity index (χ0n) is 19.1. The fourth-order valence-corrected chi connectivity index (χ4v) is 5.07. The number of amides is 1. The highest BCUT2D eigenvalue weighted by molar-refractivity contribution is 6.23. The normalized spacial score (nSPS) is 24.8. The SMILES string of the molecule is CCOC(=O)C1=C(N)OC2=C(C(=O)C[C@H](C)C2)[C@]12C(=O)N(CCC(C)C)c1ccccc12. The van der Waals surface area contributed by atoms with Gasteiger partial charge in [0, 0.05) is 30.6 Å². The summed E-state index contributed by atoms with van der Waals surface area (Å²) in [6.07, 6.45) is 1.53. The second-order valence-corrected chi connectivity index (χ2v) is 9.20. The van der Waals surface area contributed by atoms with E-state index in [-0.39, 0.29) is 47.7 Å². The van der Waals surface area contributed by atoms with Crippen LogP contribution in [0, 0.1) is 11.8 Å². The molecule has 7 nitrogen and oxygen atoms in total. The second-order valence-electron chi connectivity index (χ2n) is 9.20. The van der Waals surface area contributed by atoms with Gasteiger partial charge in [0.1, 0.15) is 16.7 Å². The Morgan fingerprint density at radius 3 is 2.69 bits per heavy atom. The number of carbonyl (C=O) groups excluding carboxylic acids is 3. The van der Waals surface area contributed by atoms with Crippen molar-refractivity contribution in [1.82, 2.24) is 0 Å². The number of rotatable bonds is 5. The van der Waals surface area contributed by atoms with Gasteiger partial charge in [0.05, 0.1) is 12.2 Å². The molecular weight excluding hydrogens is 408 g/mol. The lowest BCUT2D eigenvalue weighted by Gasteiger charge is -2.40. The maximum Gasteiger partial charge on any atom is 0.341 e. The Morgan fingerprint density at radius 1 is 1.28 bits per heavy atom. The van der Waals surface area contributed by atoms with Crippen LogP contribution in [0.15, 0.2) is 47.1 Å². The molecular formula is C25H30N2O5. The van der Waals surface area contributed by atoms with Crippen LogP contribution in [-0.2, 0) is 29.3 Å². The molecule has 1 aromatic rings. The van der Waals surface area contributed by atoms with Gasteiger partial charge >= 0.3 is 5.97 Å². The largest absolute Gasteiger partial charge is 0.462 e. The first kappa shape index (κ1) is 22.1. The molecule has 2 N–H and O–H groups in total. The van der Waals surface area contributed by atoms with E-state index in [0.29, 0.717) is 35.9 Å². The van der Waals surface area contributed by atoms with Crippen molar-refractivity contribution in [2.75, 3.05) is 18.1 Å². The van der Waals surface area contributed by atoms with Crippen LogP contribution in [0.2, 0.25) is 0 Å². The summed E-state index contributed by atoms with van der Waals surface area (Å²) >= 11 is 0. The van der Waals surface area contributed by atoms with Crippen molar-refractivity contribution in [3.05, 3.63) is 52.6 Å². The Bertz CT molecular complexity index is 1050. The van der Waals surface area contributed by atoms with E-state index in [1.807, 2.05) is 25.1 Å². The Balaban J connectivity index is 2.02. The number of hydrogen-bond acceptors (Lipinski definition) is 6. The number of carbonyl (C=O) groups is 3. The number of nitrogens with zero attached hydrogens (tertiary/aromatic N) is 1. The van der Waals surface area contributed by atoms with Crippen LogP contribution in [0.25, 0.3) is 0 Å². The van der Waals surface area contributed by atoms with Gasteiger partial charge in [0.2, 0.25) is 11.8 Å². The Hall–Kier alpha value is -3.09. The predicted octanol–water partition coefficient (Wildman–Crippen LogP) is 3.33. The van der Waals surface area contributed by atoms with Crippen molar-refractivity contribution in [3.63, 3.8) is 0 Å². The Kier molecular flexibility index (Phi) is 5.61. The van der Waals surface area contributed by atoms with Crippen molar-refractivity contribution >= 4 is 23.3 Å². The molecule has 0 bridgehead atoms. The number of nitrogens with two attached hydrogens (primary N) is 1. The van der Waals surface area contributed by atoms with Gasteiger partial charge in [-0.2, -0.15) is 0 Å². The summed E-state index contributed by atoms with van der Waals surface area (Å²) in [4.78, 5) is 42.6. The zero-order valence-corrected chi connectivity index (χ0v) is 19.1. The molecule has 0 saturated heterocycles. The van der Waals surface area contributed by atoms with Gasteiger partial charge in [-0.15, -0.1) is 0 Å². The third-order valence-electron chi connectivity index (χ3n) is 6.43. The second kappa shape index (κ2) is 8.11. The average Bonchev–Trinajstić information content (AvgIpc) is 2.94. The van der Waals surface area contributed by atoms with Crippen LogP contribution in [0.4, 0.5) is 5.69 Å². The first-order chi connectivity index (χ1) is 15.2. The number of ether oxygens (including phenoxy) is 2. The predicted molar refractivity (Wildman–Crippen MR) is 119 cm³/mol. The molecule has 1 aromatic carbocycles. The quantitative estimate of drug-likeness (QED) is 0.708. The van der Waals surface area contributed by atoms with Crippen molar-refractivity contribution in [2.24, 2.45) is 17.6 Å². The molecule has 4 rings (SSSR count). The first-order valence-electron chi connectivity index (χ1n) is 11.3. The van der Waals surface area contributed by atoms with Crippen molar-refractivity contribution < 1.29 is 23.9 Å². The maximum atomic E-state index is 14.3. The lowest BCUT2D eigenvalue weighted by atomic mass is 9.64. The minimum absolute atomic E-state index is 0.0547. The van der Waals surface area contributed by atoms with E-state index in [4.69, 9.17) is 15.2 Å². The van der Waals surface area contributed by atoms with E-state index < -0.39 is 11.4 Å². The smallest absolute Gasteiger partial charge is 0.341 e. The number of benzene rings is 1. The van der Waals surface area contributed by atoms with E-state index in [1.165, 1.54) is 0 Å². The van der Waals surface area contributed by atoms with Gasteiger partial charge in [-0.25, -0.2) is 4.79 Å². The molecule has 1 spiro atoms. The summed E-state index contributed by atoms with van der Waals surface area (Å²) < 4.78 is 11.1. The number of anilines is 1. The van der Waals surface area contributed by atoms with E-state index in [9.17, 15) is 14.4 Å². The maximum absolute atomic E-state index is 14.3. The molecule has 2 aliphatic heterocycles. The minimum Gasteiger partial charge on any atom is -0.462 e. The van der Waals surface area contributed by atoms with Crippen molar-refractivity contribution in [2.45, 2.75) is 52.4 Å². The van der Waals surface area contributed by atoms with Gasteiger partial charge in [0.15, 0.2) is 5.78 Å². The van der Waals surface area contributed by atoms with Gasteiger partial charge < -0.3 is 20.1 Å². The number of para-hydroxylation sites is 1. The number of esters is 1. The van der Waals surface area contributed by atoms with Gasteiger partial charge in [0.25, 0.3) is 0 Å². The first-order valence-corrected chi connectivity index (χ1v) is 11.3. The molecule has 0 unspecified atom stereocenters. The van der Waals surface area contributed by atoms with Gasteiger partial charge in [-0.1, -0.05) is 39.0 Å². The molecule has 0 radical (unpaired) electrons. The molecule has 2 atom stereocenters. The fraction of sp³-hybridized carbons (Fsp3) is 0.480. The highest BCUT2D eigenvalue weighted by atomic mass is 16.5. The number of fused-ring (bicyclic) bond motifs is 3. The summed E-state index contributed by atoms with van der Waals surface area (Å²) in [5.41, 5.74) is 6.06. The monoisotopic (exact) mass is 438 g/mol. The van der Waals surface area contributed by atoms with Crippen LogP contribution < -0.4 is 10.6 Å². The number of Topliss-reactive ketones (excluding diaryl/α,β-unsaturated/α-hetero) is 1. The molecule has 0 aromatic heterocycles. The van der Waals surface area contributed by atoms with Crippen LogP contribution in [0.5, 0.6) is 0 Å². The number of hydrogen-bond donors (Lipinski definition) is 1. The average molecular weight is 439 g/mol. The molecule has 32 heavy (non-hydrogen) atoms. The van der Waals surface area contributed by atoms with Crippen LogP contribution in [0.1, 0.15) is 52.5 Å². The zero-order chi connectivity index (χ0) is 23.2. The third-order valence-corrected chi connectivity index (χ3v) is 6.43. The standard InChI is InChI=1S/C25H30N2O5/c1-5-31-23(29)21-22(26)32-19-13-15(4)12-18(28)20(19)25(21)16-8-6-7-9-17(16)27(24(25)30)11-10-14(2)3/h6-9,14-15H,5,10-13,26H2,1-4H3/t15-,25-/m0/s1. The summed E-state index contributed by atoms with van der Waals surface area (Å²) in [7, 11) is 0. The van der Waals surface area contributed by atoms with Crippen molar-refractivity contribution in [1.29, 1.82) is 0 Å². The summed E-state index contributed by atoms with van der Waals surface area (Å²) in [6.45, 7) is 8.39. The highest BCUT2D eigenvalue weighted by Crippen LogP contribution is 2.56. The Labute approximate surface area is 188 Å². The molecule has 0 saturated carbocycles. The lowest BCUT2D eigenvalue weighted by Crippen LogP contribution is -2.52. The molecule has 0 fully saturated rings. The van der Waals surface area contributed by atoms with Crippen LogP contribution in [0.3, 0.4) is 0 Å². The number of allylic oxidation sites excluding steroid dienone is 1. The van der Waals surface area contributed by atoms with E-state index in [0.717, 1.165) is 6.42 Å². The molecule has 3 aliphatic rings. The van der Waals surface area contributed by atoms with E-state index in [2.05, 4.69) is 13.8 Å². The van der Waals surface area contributed by atoms with Gasteiger partial charge in [-0.05, 0) is 31.2 Å². The summed E-state index contributed by atoms with van der Waals surface area (Å²) in [5, 5.41) is 0. The molecule has 1 aliphatic carbocycles. The van der Waals surface area contributed by atoms with Crippen molar-refractivity contribution in [3.8, 4) is 0 Å². The van der Waals surface area contributed by atoms with Crippen LogP contribution in [-0.4, -0.2) is 30.8 Å². The van der Waals surface area contributed by atoms with Gasteiger partial charge in [-0.3, -0.25) is 9.59 Å².